The Morgan fingerprint density at radius 3 is 2.42 bits per heavy atom. The zero-order chi connectivity index (χ0) is 17.4. The van der Waals surface area contributed by atoms with Crippen molar-refractivity contribution in [3.05, 3.63) is 69.2 Å². The van der Waals surface area contributed by atoms with Crippen LogP contribution < -0.4 is 11.1 Å². The van der Waals surface area contributed by atoms with Crippen molar-refractivity contribution in [2.45, 2.75) is 0 Å². The molecule has 6 aromatic rings. The number of nitrogens with one attached hydrogen (secondary N) is 2. The smallest absolute Gasteiger partial charge is 0.335 e. The van der Waals surface area contributed by atoms with Crippen LogP contribution in [0.15, 0.2) is 58.1 Å². The molecule has 0 aliphatic rings. The molecule has 0 amide bonds. The average molecular weight is 338 g/mol. The van der Waals surface area contributed by atoms with Gasteiger partial charge in [-0.05, 0) is 22.2 Å². The molecule has 2 heterocycles. The molecule has 0 bridgehead atoms. The van der Waals surface area contributed by atoms with Crippen molar-refractivity contribution in [1.82, 2.24) is 19.9 Å². The minimum Gasteiger partial charge on any atom is -0.335 e. The van der Waals surface area contributed by atoms with E-state index in [1.807, 2.05) is 24.3 Å². The van der Waals surface area contributed by atoms with Crippen molar-refractivity contribution in [2.75, 3.05) is 0 Å². The highest BCUT2D eigenvalue weighted by molar-refractivity contribution is 6.35. The molecule has 0 atom stereocenters. The van der Waals surface area contributed by atoms with Gasteiger partial charge in [0.05, 0.1) is 11.0 Å². The van der Waals surface area contributed by atoms with Gasteiger partial charge in [-0.15, -0.1) is 0 Å². The molecule has 0 radical (unpaired) electrons. The normalized spacial score (nSPS) is 12.2. The van der Waals surface area contributed by atoms with E-state index in [0.29, 0.717) is 0 Å². The quantitative estimate of drug-likeness (QED) is 0.329. The first kappa shape index (κ1) is 13.5. The Kier molecular flexibility index (Phi) is 2.30. The molecular formula is C20H10N4O2. The van der Waals surface area contributed by atoms with Gasteiger partial charge in [0.2, 0.25) is 0 Å². The molecule has 122 valence electrons. The Labute approximate surface area is 144 Å². The first-order valence-corrected chi connectivity index (χ1v) is 8.20. The van der Waals surface area contributed by atoms with Crippen LogP contribution in [0.5, 0.6) is 0 Å². The molecule has 0 aliphatic heterocycles. The van der Waals surface area contributed by atoms with Crippen LogP contribution in [0.25, 0.3) is 54.6 Å². The summed E-state index contributed by atoms with van der Waals surface area (Å²) in [5.41, 5.74) is 0.543. The average Bonchev–Trinajstić information content (AvgIpc) is 2.97. The lowest BCUT2D eigenvalue weighted by Crippen LogP contribution is -2.29. The zero-order valence-electron chi connectivity index (χ0n) is 13.3. The van der Waals surface area contributed by atoms with E-state index in [0.717, 1.165) is 43.4 Å². The number of nitrogens with zero attached hydrogens (tertiary/aromatic N) is 2. The number of hydrogen-bond donors (Lipinski definition) is 2. The summed E-state index contributed by atoms with van der Waals surface area (Å²) in [5, 5.41) is 6.53. The second-order valence-electron chi connectivity index (χ2n) is 6.41. The molecule has 0 unspecified atom stereocenters. The van der Waals surface area contributed by atoms with Crippen LogP contribution in [-0.4, -0.2) is 19.9 Å². The Hall–Kier alpha value is -3.80. The minimum absolute atomic E-state index is 0.280. The number of rotatable bonds is 0. The van der Waals surface area contributed by atoms with Crippen LogP contribution in [0, 0.1) is 0 Å². The van der Waals surface area contributed by atoms with Crippen LogP contribution in [0.1, 0.15) is 0 Å². The van der Waals surface area contributed by atoms with E-state index in [1.165, 1.54) is 0 Å². The van der Waals surface area contributed by atoms with Gasteiger partial charge in [-0.3, -0.25) is 14.6 Å². The SMILES string of the molecule is O=c1nc2[nH]c3c(nc2[nH]c1=O)c1cccc2cc4ccccc4c3c21. The second-order valence-corrected chi connectivity index (χ2v) is 6.41. The van der Waals surface area contributed by atoms with Gasteiger partial charge in [-0.1, -0.05) is 42.5 Å². The lowest BCUT2D eigenvalue weighted by Gasteiger charge is -2.04. The van der Waals surface area contributed by atoms with Crippen LogP contribution >= 0.6 is 0 Å². The topological polar surface area (TPSA) is 91.5 Å². The molecule has 6 heteroatoms. The summed E-state index contributed by atoms with van der Waals surface area (Å²) in [4.78, 5) is 37.5. The van der Waals surface area contributed by atoms with Crippen molar-refractivity contribution in [1.29, 1.82) is 0 Å². The minimum atomic E-state index is -0.825. The van der Waals surface area contributed by atoms with Gasteiger partial charge < -0.3 is 4.98 Å². The highest BCUT2D eigenvalue weighted by atomic mass is 16.2. The van der Waals surface area contributed by atoms with E-state index in [2.05, 4.69) is 44.2 Å². The van der Waals surface area contributed by atoms with Gasteiger partial charge >= 0.3 is 11.1 Å². The molecule has 6 nitrogen and oxygen atoms in total. The lowest BCUT2D eigenvalue weighted by molar-refractivity contribution is 1.10. The summed E-state index contributed by atoms with van der Waals surface area (Å²) in [7, 11) is 0. The van der Waals surface area contributed by atoms with E-state index in [4.69, 9.17) is 0 Å². The van der Waals surface area contributed by atoms with Gasteiger partial charge in [-0.2, -0.15) is 4.98 Å². The number of benzene rings is 3. The Balaban J connectivity index is 2.01. The monoisotopic (exact) mass is 338 g/mol. The summed E-state index contributed by atoms with van der Waals surface area (Å²) in [5.74, 6) is 0. The third-order valence-corrected chi connectivity index (χ3v) is 4.96. The number of aromatic amines is 2. The fourth-order valence-corrected chi connectivity index (χ4v) is 3.89. The zero-order valence-corrected chi connectivity index (χ0v) is 13.3. The molecule has 4 aromatic carbocycles. The Morgan fingerprint density at radius 2 is 1.50 bits per heavy atom. The number of aromatic nitrogens is 4. The fraction of sp³-hybridized carbons (Fsp3) is 0. The standard InChI is InChI=1S/C20H10N4O2/c25-19-20(26)24-18-17(23-19)21-15-12-7-3-5-10-8-9-4-1-2-6-11(9)14(13(10)12)16(15)22-18/h1-8H,(H,21,23,25)(H,22,24,26). The van der Waals surface area contributed by atoms with Crippen molar-refractivity contribution in [3.8, 4) is 0 Å². The largest absolute Gasteiger partial charge is 0.337 e. The van der Waals surface area contributed by atoms with Crippen molar-refractivity contribution in [2.24, 2.45) is 0 Å². The Bertz CT molecular complexity index is 1630. The molecule has 2 aromatic heterocycles. The summed E-state index contributed by atoms with van der Waals surface area (Å²) in [6.07, 6.45) is 0. The predicted octanol–water partition coefficient (Wildman–Crippen LogP) is 3.06. The van der Waals surface area contributed by atoms with Gasteiger partial charge in [0.15, 0.2) is 11.3 Å². The van der Waals surface area contributed by atoms with E-state index in [9.17, 15) is 9.59 Å². The Morgan fingerprint density at radius 1 is 0.731 bits per heavy atom. The molecular weight excluding hydrogens is 328 g/mol. The van der Waals surface area contributed by atoms with Crippen LogP contribution in [0.4, 0.5) is 0 Å². The first-order valence-electron chi connectivity index (χ1n) is 8.20. The van der Waals surface area contributed by atoms with E-state index >= 15 is 0 Å². The number of hydrogen-bond acceptors (Lipinski definition) is 4. The maximum Gasteiger partial charge on any atom is 0.337 e. The molecule has 0 aliphatic carbocycles. The maximum atomic E-state index is 11.7. The molecule has 2 N–H and O–H groups in total. The van der Waals surface area contributed by atoms with Crippen molar-refractivity contribution in [3.63, 3.8) is 0 Å². The highest BCUT2D eigenvalue weighted by Crippen LogP contribution is 2.40. The van der Waals surface area contributed by atoms with Gasteiger partial charge in [-0.25, -0.2) is 4.98 Å². The summed E-state index contributed by atoms with van der Waals surface area (Å²) >= 11 is 0. The third-order valence-electron chi connectivity index (χ3n) is 4.96. The number of H-pyrrole nitrogens is 2. The molecule has 6 rings (SSSR count). The van der Waals surface area contributed by atoms with Gasteiger partial charge in [0.1, 0.15) is 0 Å². The van der Waals surface area contributed by atoms with E-state index in [1.54, 1.807) is 0 Å². The van der Waals surface area contributed by atoms with Crippen LogP contribution in [-0.2, 0) is 0 Å². The van der Waals surface area contributed by atoms with Gasteiger partial charge in [0.25, 0.3) is 0 Å². The lowest BCUT2D eigenvalue weighted by atomic mass is 10.00. The van der Waals surface area contributed by atoms with Crippen molar-refractivity contribution < 1.29 is 0 Å². The predicted molar refractivity (Wildman–Crippen MR) is 102 cm³/mol. The summed E-state index contributed by atoms with van der Waals surface area (Å²) < 4.78 is 0. The second kappa shape index (κ2) is 4.43. The highest BCUT2D eigenvalue weighted by Gasteiger charge is 2.17. The molecule has 26 heavy (non-hydrogen) atoms. The summed E-state index contributed by atoms with van der Waals surface area (Å²) in [6.45, 7) is 0. The third kappa shape index (κ3) is 1.56. The molecule has 0 spiro atoms. The van der Waals surface area contributed by atoms with Crippen LogP contribution in [0.2, 0.25) is 0 Å². The first-order chi connectivity index (χ1) is 12.7. The van der Waals surface area contributed by atoms with E-state index < -0.39 is 11.1 Å². The maximum absolute atomic E-state index is 11.7. The molecule has 0 fully saturated rings. The van der Waals surface area contributed by atoms with Crippen LogP contribution in [0.3, 0.4) is 0 Å². The molecule has 0 saturated heterocycles. The number of fused-ring (bicyclic) bond motifs is 6. The molecule has 0 saturated carbocycles. The van der Waals surface area contributed by atoms with E-state index in [-0.39, 0.29) is 11.3 Å². The fourth-order valence-electron chi connectivity index (χ4n) is 3.89. The van der Waals surface area contributed by atoms with Gasteiger partial charge in [0, 0.05) is 16.2 Å². The summed E-state index contributed by atoms with van der Waals surface area (Å²) in [6, 6.07) is 16.4. The van der Waals surface area contributed by atoms with Crippen molar-refractivity contribution >= 4 is 54.6 Å².